The molecule has 1 amide bonds. The number of fused-ring (bicyclic) bond motifs is 1. The van der Waals surface area contributed by atoms with E-state index in [9.17, 15) is 9.18 Å². The summed E-state index contributed by atoms with van der Waals surface area (Å²) >= 11 is 0. The summed E-state index contributed by atoms with van der Waals surface area (Å²) in [6.07, 6.45) is 1.17. The smallest absolute Gasteiger partial charge is 0.247 e. The van der Waals surface area contributed by atoms with Gasteiger partial charge in [-0.3, -0.25) is 4.79 Å². The van der Waals surface area contributed by atoms with Gasteiger partial charge in [-0.05, 0) is 60.7 Å². The van der Waals surface area contributed by atoms with Gasteiger partial charge in [-0.15, -0.1) is 0 Å². The second kappa shape index (κ2) is 4.88. The standard InChI is InChI=1S/C17H17FN2O/c1-11-3-2-4-14(9-11)20-17(16(19)21)8-7-12-10-13(18)5-6-15(12)17/h2-6,9-10,20H,7-8H2,1H3,(H2,19,21). The zero-order chi connectivity index (χ0) is 15.0. The van der Waals surface area contributed by atoms with Gasteiger partial charge in [0.15, 0.2) is 0 Å². The van der Waals surface area contributed by atoms with Crippen LogP contribution in [0.5, 0.6) is 0 Å². The third-order valence-corrected chi connectivity index (χ3v) is 4.09. The molecule has 0 aliphatic heterocycles. The number of aryl methyl sites for hydroxylation is 2. The van der Waals surface area contributed by atoms with Crippen molar-refractivity contribution in [3.8, 4) is 0 Å². The molecule has 0 aromatic heterocycles. The molecule has 2 aromatic rings. The molecule has 108 valence electrons. The first-order valence-corrected chi connectivity index (χ1v) is 6.95. The van der Waals surface area contributed by atoms with Crippen molar-refractivity contribution in [3.63, 3.8) is 0 Å². The Morgan fingerprint density at radius 3 is 2.81 bits per heavy atom. The van der Waals surface area contributed by atoms with E-state index in [0.29, 0.717) is 12.8 Å². The van der Waals surface area contributed by atoms with E-state index in [1.807, 2.05) is 31.2 Å². The second-order valence-corrected chi connectivity index (χ2v) is 5.57. The fourth-order valence-electron chi connectivity index (χ4n) is 3.06. The molecule has 0 radical (unpaired) electrons. The van der Waals surface area contributed by atoms with Gasteiger partial charge < -0.3 is 11.1 Å². The van der Waals surface area contributed by atoms with Crippen LogP contribution in [-0.4, -0.2) is 5.91 Å². The van der Waals surface area contributed by atoms with E-state index in [0.717, 1.165) is 22.4 Å². The predicted octanol–water partition coefficient (Wildman–Crippen LogP) is 2.87. The van der Waals surface area contributed by atoms with Crippen LogP contribution in [0.3, 0.4) is 0 Å². The summed E-state index contributed by atoms with van der Waals surface area (Å²) in [7, 11) is 0. The Morgan fingerprint density at radius 2 is 2.10 bits per heavy atom. The molecule has 0 heterocycles. The zero-order valence-corrected chi connectivity index (χ0v) is 11.8. The zero-order valence-electron chi connectivity index (χ0n) is 11.8. The molecule has 1 aliphatic carbocycles. The number of nitrogens with two attached hydrogens (primary N) is 1. The molecule has 2 aromatic carbocycles. The number of nitrogens with one attached hydrogen (secondary N) is 1. The minimum atomic E-state index is -0.961. The van der Waals surface area contributed by atoms with Crippen molar-refractivity contribution in [2.75, 3.05) is 5.32 Å². The summed E-state index contributed by atoms with van der Waals surface area (Å²) in [6.45, 7) is 1.99. The van der Waals surface area contributed by atoms with E-state index in [4.69, 9.17) is 5.73 Å². The van der Waals surface area contributed by atoms with E-state index in [-0.39, 0.29) is 5.82 Å². The number of carbonyl (C=O) groups is 1. The lowest BCUT2D eigenvalue weighted by Gasteiger charge is -2.29. The average Bonchev–Trinajstić information content (AvgIpc) is 2.78. The highest BCUT2D eigenvalue weighted by Crippen LogP contribution is 2.39. The van der Waals surface area contributed by atoms with Crippen LogP contribution in [0.15, 0.2) is 42.5 Å². The number of carbonyl (C=O) groups excluding carboxylic acids is 1. The molecule has 0 bridgehead atoms. The Bertz CT molecular complexity index is 714. The van der Waals surface area contributed by atoms with Crippen molar-refractivity contribution in [2.45, 2.75) is 25.3 Å². The number of amides is 1. The Hall–Kier alpha value is -2.36. The van der Waals surface area contributed by atoms with Gasteiger partial charge in [-0.1, -0.05) is 18.2 Å². The van der Waals surface area contributed by atoms with Crippen LogP contribution < -0.4 is 11.1 Å². The SMILES string of the molecule is Cc1cccc(NC2(C(N)=O)CCc3cc(F)ccc32)c1. The lowest BCUT2D eigenvalue weighted by atomic mass is 9.90. The van der Waals surface area contributed by atoms with Gasteiger partial charge in [-0.25, -0.2) is 4.39 Å². The molecule has 21 heavy (non-hydrogen) atoms. The van der Waals surface area contributed by atoms with Crippen LogP contribution in [0.1, 0.15) is 23.1 Å². The fourth-order valence-corrected chi connectivity index (χ4v) is 3.06. The van der Waals surface area contributed by atoms with Crippen molar-refractivity contribution in [2.24, 2.45) is 5.73 Å². The molecule has 3 nitrogen and oxygen atoms in total. The van der Waals surface area contributed by atoms with Crippen LogP contribution in [-0.2, 0) is 16.8 Å². The van der Waals surface area contributed by atoms with E-state index in [1.165, 1.54) is 12.1 Å². The third-order valence-electron chi connectivity index (χ3n) is 4.09. The van der Waals surface area contributed by atoms with Gasteiger partial charge >= 0.3 is 0 Å². The second-order valence-electron chi connectivity index (χ2n) is 5.57. The van der Waals surface area contributed by atoms with E-state index in [1.54, 1.807) is 6.07 Å². The Kier molecular flexibility index (Phi) is 3.16. The van der Waals surface area contributed by atoms with Gasteiger partial charge in [0.1, 0.15) is 11.4 Å². The third kappa shape index (κ3) is 2.27. The van der Waals surface area contributed by atoms with Gasteiger partial charge in [-0.2, -0.15) is 0 Å². The van der Waals surface area contributed by atoms with E-state index < -0.39 is 11.4 Å². The first-order chi connectivity index (χ1) is 10.0. The van der Waals surface area contributed by atoms with Gasteiger partial charge in [0.25, 0.3) is 0 Å². The lowest BCUT2D eigenvalue weighted by molar-refractivity contribution is -0.122. The summed E-state index contributed by atoms with van der Waals surface area (Å²) in [4.78, 5) is 12.1. The highest BCUT2D eigenvalue weighted by atomic mass is 19.1. The lowest BCUT2D eigenvalue weighted by Crippen LogP contribution is -2.46. The molecule has 0 saturated heterocycles. The minimum Gasteiger partial charge on any atom is -0.368 e. The molecule has 3 rings (SSSR count). The van der Waals surface area contributed by atoms with Crippen molar-refractivity contribution in [1.82, 2.24) is 0 Å². The largest absolute Gasteiger partial charge is 0.368 e. The number of anilines is 1. The summed E-state index contributed by atoms with van der Waals surface area (Å²) in [5.74, 6) is -0.723. The van der Waals surface area contributed by atoms with Crippen molar-refractivity contribution < 1.29 is 9.18 Å². The Balaban J connectivity index is 2.06. The van der Waals surface area contributed by atoms with Gasteiger partial charge in [0.05, 0.1) is 0 Å². The molecular weight excluding hydrogens is 267 g/mol. The van der Waals surface area contributed by atoms with Crippen LogP contribution >= 0.6 is 0 Å². The summed E-state index contributed by atoms with van der Waals surface area (Å²) in [5.41, 5.74) is 8.27. The maximum absolute atomic E-state index is 13.4. The number of hydrogen-bond acceptors (Lipinski definition) is 2. The maximum Gasteiger partial charge on any atom is 0.247 e. The van der Waals surface area contributed by atoms with Crippen LogP contribution in [0.2, 0.25) is 0 Å². The molecule has 1 aliphatic rings. The number of primary amides is 1. The molecule has 1 unspecified atom stereocenters. The van der Waals surface area contributed by atoms with Gasteiger partial charge in [0.2, 0.25) is 5.91 Å². The molecular formula is C17H17FN2O. The predicted molar refractivity (Wildman–Crippen MR) is 80.4 cm³/mol. The number of rotatable bonds is 3. The van der Waals surface area contributed by atoms with Crippen molar-refractivity contribution >= 4 is 11.6 Å². The van der Waals surface area contributed by atoms with Crippen molar-refractivity contribution in [1.29, 1.82) is 0 Å². The quantitative estimate of drug-likeness (QED) is 0.910. The monoisotopic (exact) mass is 284 g/mol. The summed E-state index contributed by atoms with van der Waals surface area (Å²) in [6, 6.07) is 12.3. The normalized spacial score (nSPS) is 20.1. The van der Waals surface area contributed by atoms with E-state index in [2.05, 4.69) is 5.32 Å². The van der Waals surface area contributed by atoms with Crippen LogP contribution in [0.4, 0.5) is 10.1 Å². The summed E-state index contributed by atoms with van der Waals surface area (Å²) < 4.78 is 13.4. The fraction of sp³-hybridized carbons (Fsp3) is 0.235. The Morgan fingerprint density at radius 1 is 1.29 bits per heavy atom. The highest BCUT2D eigenvalue weighted by molar-refractivity contribution is 5.91. The maximum atomic E-state index is 13.4. The molecule has 0 fully saturated rings. The number of benzene rings is 2. The Labute approximate surface area is 123 Å². The number of halogens is 1. The molecule has 0 saturated carbocycles. The molecule has 0 spiro atoms. The average molecular weight is 284 g/mol. The van der Waals surface area contributed by atoms with Crippen LogP contribution in [0.25, 0.3) is 0 Å². The minimum absolute atomic E-state index is 0.287. The molecule has 3 N–H and O–H groups in total. The first-order valence-electron chi connectivity index (χ1n) is 6.95. The van der Waals surface area contributed by atoms with Crippen LogP contribution in [0, 0.1) is 12.7 Å². The summed E-state index contributed by atoms with van der Waals surface area (Å²) in [5, 5.41) is 3.27. The first kappa shape index (κ1) is 13.6. The number of hydrogen-bond donors (Lipinski definition) is 2. The highest BCUT2D eigenvalue weighted by Gasteiger charge is 2.44. The van der Waals surface area contributed by atoms with Gasteiger partial charge in [0, 0.05) is 5.69 Å². The topological polar surface area (TPSA) is 55.1 Å². The molecule has 4 heteroatoms. The molecule has 1 atom stereocenters. The van der Waals surface area contributed by atoms with Crippen molar-refractivity contribution in [3.05, 3.63) is 65.0 Å². The van der Waals surface area contributed by atoms with E-state index >= 15 is 0 Å².